The van der Waals surface area contributed by atoms with Crippen LogP contribution in [0.4, 0.5) is 13.2 Å². The number of halogens is 3. The second kappa shape index (κ2) is 7.99. The normalized spacial score (nSPS) is 12.5. The number of benzene rings is 1. The van der Waals surface area contributed by atoms with E-state index in [0.29, 0.717) is 13.1 Å². The smallest absolute Gasteiger partial charge is 0.327 e. The lowest BCUT2D eigenvalue weighted by Gasteiger charge is -2.19. The van der Waals surface area contributed by atoms with E-state index in [0.717, 1.165) is 12.1 Å². The number of hydrogen-bond donors (Lipinski definition) is 1. The van der Waals surface area contributed by atoms with Gasteiger partial charge in [0.05, 0.1) is 6.61 Å². The van der Waals surface area contributed by atoms with Gasteiger partial charge in [-0.2, -0.15) is 0 Å². The van der Waals surface area contributed by atoms with Gasteiger partial charge in [-0.1, -0.05) is 0 Å². The molecule has 7 heteroatoms. The highest BCUT2D eigenvalue weighted by molar-refractivity contribution is 5.77. The van der Waals surface area contributed by atoms with Crippen molar-refractivity contribution in [1.29, 1.82) is 0 Å². The van der Waals surface area contributed by atoms with Crippen LogP contribution in [0.25, 0.3) is 0 Å². The van der Waals surface area contributed by atoms with Crippen molar-refractivity contribution in [3.05, 3.63) is 35.1 Å². The number of rotatable bonds is 7. The Hall–Kier alpha value is -1.60. The minimum atomic E-state index is -1.56. The van der Waals surface area contributed by atoms with Crippen LogP contribution in [-0.4, -0.2) is 44.7 Å². The summed E-state index contributed by atoms with van der Waals surface area (Å²) in [7, 11) is 3.69. The highest BCUT2D eigenvalue weighted by atomic mass is 19.2. The van der Waals surface area contributed by atoms with Crippen molar-refractivity contribution in [2.24, 2.45) is 0 Å². The number of nitrogens with zero attached hydrogens (tertiary/aromatic N) is 1. The third-order valence-corrected chi connectivity index (χ3v) is 2.77. The van der Waals surface area contributed by atoms with E-state index in [1.165, 1.54) is 0 Å². The average molecular weight is 304 g/mol. The molecule has 1 unspecified atom stereocenters. The predicted molar refractivity (Wildman–Crippen MR) is 72.2 cm³/mol. The van der Waals surface area contributed by atoms with E-state index in [2.05, 4.69) is 5.32 Å². The van der Waals surface area contributed by atoms with E-state index in [9.17, 15) is 18.0 Å². The molecule has 4 nitrogen and oxygen atoms in total. The molecule has 0 aliphatic heterocycles. The summed E-state index contributed by atoms with van der Waals surface area (Å²) in [5.74, 6) is -4.90. The fourth-order valence-corrected chi connectivity index (χ4v) is 1.74. The lowest BCUT2D eigenvalue weighted by Crippen LogP contribution is -2.35. The summed E-state index contributed by atoms with van der Waals surface area (Å²) in [5, 5.41) is 2.85. The predicted octanol–water partition coefficient (Wildman–Crippen LogP) is 1.86. The van der Waals surface area contributed by atoms with Gasteiger partial charge in [0.25, 0.3) is 0 Å². The number of carbonyl (C=O) groups is 1. The molecule has 1 atom stereocenters. The summed E-state index contributed by atoms with van der Waals surface area (Å²) in [5.41, 5.74) is -0.0105. The van der Waals surface area contributed by atoms with Crippen molar-refractivity contribution in [3.63, 3.8) is 0 Å². The van der Waals surface area contributed by atoms with Crippen molar-refractivity contribution < 1.29 is 22.7 Å². The van der Waals surface area contributed by atoms with Crippen LogP contribution in [-0.2, 0) is 9.53 Å². The molecule has 0 aliphatic rings. The number of esters is 1. The van der Waals surface area contributed by atoms with Crippen LogP contribution >= 0.6 is 0 Å². The van der Waals surface area contributed by atoms with Crippen LogP contribution in [0.5, 0.6) is 0 Å². The molecule has 0 radical (unpaired) electrons. The quantitative estimate of drug-likeness (QED) is 0.617. The molecule has 21 heavy (non-hydrogen) atoms. The van der Waals surface area contributed by atoms with Gasteiger partial charge in [0.1, 0.15) is 6.04 Å². The Morgan fingerprint density at radius 3 is 2.33 bits per heavy atom. The van der Waals surface area contributed by atoms with Crippen molar-refractivity contribution in [1.82, 2.24) is 10.2 Å². The minimum Gasteiger partial charge on any atom is -0.465 e. The fraction of sp³-hybridized carbons (Fsp3) is 0.500. The zero-order valence-electron chi connectivity index (χ0n) is 12.3. The first-order valence-electron chi connectivity index (χ1n) is 6.56. The third kappa shape index (κ3) is 5.02. The first-order chi connectivity index (χ1) is 9.86. The van der Waals surface area contributed by atoms with Crippen LogP contribution in [0.2, 0.25) is 0 Å². The van der Waals surface area contributed by atoms with Crippen molar-refractivity contribution >= 4 is 5.97 Å². The van der Waals surface area contributed by atoms with Gasteiger partial charge in [-0.3, -0.25) is 5.32 Å². The summed E-state index contributed by atoms with van der Waals surface area (Å²) in [6, 6.07) is 0.542. The summed E-state index contributed by atoms with van der Waals surface area (Å²) in [4.78, 5) is 13.8. The van der Waals surface area contributed by atoms with Gasteiger partial charge in [0, 0.05) is 13.1 Å². The Morgan fingerprint density at radius 1 is 1.29 bits per heavy atom. The second-order valence-corrected chi connectivity index (χ2v) is 4.74. The first-order valence-corrected chi connectivity index (χ1v) is 6.56. The molecule has 0 spiro atoms. The summed E-state index contributed by atoms with van der Waals surface area (Å²) >= 11 is 0. The van der Waals surface area contributed by atoms with Gasteiger partial charge in [-0.25, -0.2) is 18.0 Å². The van der Waals surface area contributed by atoms with Gasteiger partial charge in [-0.05, 0) is 38.7 Å². The summed E-state index contributed by atoms with van der Waals surface area (Å²) in [6.45, 7) is 2.77. The van der Waals surface area contributed by atoms with Gasteiger partial charge in [-0.15, -0.1) is 0 Å². The standard InChI is InChI=1S/C14H19F3N2O2/c1-4-21-14(20)13(18-5-6-19(2)3)9-7-10(15)12(17)11(16)8-9/h7-8,13,18H,4-6H2,1-3H3. The monoisotopic (exact) mass is 304 g/mol. The summed E-state index contributed by atoms with van der Waals surface area (Å²) in [6.07, 6.45) is 0. The molecule has 0 aromatic heterocycles. The number of hydrogen-bond acceptors (Lipinski definition) is 4. The van der Waals surface area contributed by atoms with E-state index in [1.54, 1.807) is 6.92 Å². The van der Waals surface area contributed by atoms with E-state index in [4.69, 9.17) is 4.74 Å². The number of nitrogens with one attached hydrogen (secondary N) is 1. The van der Waals surface area contributed by atoms with Crippen molar-refractivity contribution in [3.8, 4) is 0 Å². The molecule has 0 saturated carbocycles. The number of carbonyl (C=O) groups excluding carboxylic acids is 1. The van der Waals surface area contributed by atoms with Crippen molar-refractivity contribution in [2.75, 3.05) is 33.8 Å². The van der Waals surface area contributed by atoms with Gasteiger partial charge in [0.15, 0.2) is 17.5 Å². The Kier molecular flexibility index (Phi) is 6.64. The molecular formula is C14H19F3N2O2. The Bertz CT molecular complexity index is 472. The molecule has 1 rings (SSSR count). The molecule has 0 amide bonds. The Balaban J connectivity index is 2.97. The number of ether oxygens (including phenoxy) is 1. The van der Waals surface area contributed by atoms with E-state index in [-0.39, 0.29) is 12.2 Å². The molecule has 1 N–H and O–H groups in total. The Labute approximate surface area is 121 Å². The lowest BCUT2D eigenvalue weighted by molar-refractivity contribution is -0.145. The van der Waals surface area contributed by atoms with Gasteiger partial charge < -0.3 is 9.64 Å². The van der Waals surface area contributed by atoms with Gasteiger partial charge >= 0.3 is 5.97 Å². The topological polar surface area (TPSA) is 41.6 Å². The number of likely N-dealkylation sites (N-methyl/N-ethyl adjacent to an activating group) is 1. The van der Waals surface area contributed by atoms with E-state index in [1.807, 2.05) is 19.0 Å². The maximum Gasteiger partial charge on any atom is 0.327 e. The lowest BCUT2D eigenvalue weighted by atomic mass is 10.1. The maximum atomic E-state index is 13.3. The minimum absolute atomic E-state index is 0.0105. The van der Waals surface area contributed by atoms with E-state index < -0.39 is 29.5 Å². The SMILES string of the molecule is CCOC(=O)C(NCCN(C)C)c1cc(F)c(F)c(F)c1. The molecule has 0 heterocycles. The van der Waals surface area contributed by atoms with Crippen LogP contribution in [0, 0.1) is 17.5 Å². The highest BCUT2D eigenvalue weighted by Crippen LogP contribution is 2.20. The molecule has 1 aromatic rings. The van der Waals surface area contributed by atoms with Crippen LogP contribution < -0.4 is 5.32 Å². The third-order valence-electron chi connectivity index (χ3n) is 2.77. The van der Waals surface area contributed by atoms with Crippen LogP contribution in [0.15, 0.2) is 12.1 Å². The molecule has 0 bridgehead atoms. The Morgan fingerprint density at radius 2 is 1.86 bits per heavy atom. The van der Waals surface area contributed by atoms with Crippen LogP contribution in [0.3, 0.4) is 0 Å². The molecular weight excluding hydrogens is 285 g/mol. The van der Waals surface area contributed by atoms with E-state index >= 15 is 0 Å². The maximum absolute atomic E-state index is 13.3. The second-order valence-electron chi connectivity index (χ2n) is 4.74. The molecule has 118 valence electrons. The summed E-state index contributed by atoms with van der Waals surface area (Å²) < 4.78 is 44.5. The first kappa shape index (κ1) is 17.5. The van der Waals surface area contributed by atoms with Crippen molar-refractivity contribution in [2.45, 2.75) is 13.0 Å². The largest absolute Gasteiger partial charge is 0.465 e. The van der Waals surface area contributed by atoms with Gasteiger partial charge in [0.2, 0.25) is 0 Å². The van der Waals surface area contributed by atoms with Crippen LogP contribution in [0.1, 0.15) is 18.5 Å². The zero-order chi connectivity index (χ0) is 16.0. The highest BCUT2D eigenvalue weighted by Gasteiger charge is 2.24. The molecule has 0 saturated heterocycles. The fourth-order valence-electron chi connectivity index (χ4n) is 1.74. The molecule has 0 fully saturated rings. The molecule has 1 aromatic carbocycles. The zero-order valence-corrected chi connectivity index (χ0v) is 12.3. The average Bonchev–Trinajstić information content (AvgIpc) is 2.40. The molecule has 0 aliphatic carbocycles.